The Bertz CT molecular complexity index is 491. The van der Waals surface area contributed by atoms with Crippen LogP contribution in [-0.2, 0) is 9.53 Å². The highest BCUT2D eigenvalue weighted by molar-refractivity contribution is 5.69. The molecule has 0 aromatic heterocycles. The van der Waals surface area contributed by atoms with Crippen molar-refractivity contribution in [3.8, 4) is 0 Å². The molecule has 0 aromatic rings. The summed E-state index contributed by atoms with van der Waals surface area (Å²) in [4.78, 5) is 11.8. The lowest BCUT2D eigenvalue weighted by Crippen LogP contribution is -2.22. The van der Waals surface area contributed by atoms with Crippen molar-refractivity contribution in [3.63, 3.8) is 0 Å². The van der Waals surface area contributed by atoms with E-state index in [1.807, 2.05) is 0 Å². The lowest BCUT2D eigenvalue weighted by molar-refractivity contribution is -0.143. The molecule has 2 N–H and O–H groups in total. The summed E-state index contributed by atoms with van der Waals surface area (Å²) in [5, 5.41) is 6.79. The van der Waals surface area contributed by atoms with Crippen molar-refractivity contribution in [1.29, 1.82) is 0 Å². The molecule has 0 aliphatic heterocycles. The Labute approximate surface area is 225 Å². The molecule has 0 spiro atoms. The lowest BCUT2D eigenvalue weighted by atomic mass is 10.1. The molecule has 0 heterocycles. The number of esters is 1. The Hall–Kier alpha value is -1.13. The normalized spacial score (nSPS) is 11.7. The van der Waals surface area contributed by atoms with Crippen molar-refractivity contribution < 1.29 is 9.53 Å². The topological polar surface area (TPSA) is 50.4 Å². The second kappa shape index (κ2) is 31.9. The van der Waals surface area contributed by atoms with Crippen LogP contribution in [0.25, 0.3) is 0 Å². The molecule has 0 saturated heterocycles. The van der Waals surface area contributed by atoms with Crippen molar-refractivity contribution in [2.75, 3.05) is 32.8 Å². The summed E-state index contributed by atoms with van der Waals surface area (Å²) >= 11 is 0. The highest BCUT2D eigenvalue weighted by atomic mass is 16.5. The van der Waals surface area contributed by atoms with E-state index in [1.165, 1.54) is 109 Å². The van der Waals surface area contributed by atoms with Crippen molar-refractivity contribution in [2.24, 2.45) is 0 Å². The molecule has 0 aromatic carbocycles. The summed E-state index contributed by atoms with van der Waals surface area (Å²) in [6.45, 7) is 9.00. The molecule has 36 heavy (non-hydrogen) atoms. The molecule has 0 fully saturated rings. The van der Waals surface area contributed by atoms with Crippen LogP contribution >= 0.6 is 0 Å². The number of allylic oxidation sites excluding steroid dienone is 4. The quantitative estimate of drug-likeness (QED) is 0.0605. The Morgan fingerprint density at radius 3 is 1.72 bits per heavy atom. The van der Waals surface area contributed by atoms with Crippen LogP contribution in [0.2, 0.25) is 0 Å². The molecule has 0 bridgehead atoms. The number of rotatable bonds is 29. The van der Waals surface area contributed by atoms with Crippen molar-refractivity contribution in [2.45, 2.75) is 142 Å². The van der Waals surface area contributed by atoms with Gasteiger partial charge in [-0.25, -0.2) is 0 Å². The molecule has 0 saturated carbocycles. The number of carbonyl (C=O) groups is 1. The smallest absolute Gasteiger partial charge is 0.305 e. The first-order valence-electron chi connectivity index (χ1n) is 15.7. The summed E-state index contributed by atoms with van der Waals surface area (Å²) in [5.41, 5.74) is 0. The van der Waals surface area contributed by atoms with Crippen LogP contribution in [0.4, 0.5) is 0 Å². The minimum Gasteiger partial charge on any atom is -0.464 e. The van der Waals surface area contributed by atoms with Crippen LogP contribution in [0.5, 0.6) is 0 Å². The third-order valence-corrected chi connectivity index (χ3v) is 6.58. The fraction of sp³-hybridized carbons (Fsp3) is 0.844. The molecule has 212 valence electrons. The van der Waals surface area contributed by atoms with E-state index < -0.39 is 0 Å². The molecule has 4 nitrogen and oxygen atoms in total. The first-order valence-corrected chi connectivity index (χ1v) is 15.7. The zero-order chi connectivity index (χ0) is 26.2. The Morgan fingerprint density at radius 1 is 0.583 bits per heavy atom. The van der Waals surface area contributed by atoms with E-state index >= 15 is 0 Å². The first-order chi connectivity index (χ1) is 17.8. The first kappa shape index (κ1) is 34.9. The predicted octanol–water partition coefficient (Wildman–Crippen LogP) is 8.66. The number of hydrogen-bond donors (Lipinski definition) is 2. The Kier molecular flexibility index (Phi) is 30.9. The molecular weight excluding hydrogens is 444 g/mol. The molecule has 0 rings (SSSR count). The third kappa shape index (κ3) is 30.9. The van der Waals surface area contributed by atoms with Crippen LogP contribution in [0, 0.1) is 0 Å². The second-order valence-electron chi connectivity index (χ2n) is 10.1. The number of nitrogens with one attached hydrogen (secondary N) is 2. The van der Waals surface area contributed by atoms with Gasteiger partial charge < -0.3 is 15.4 Å². The molecule has 0 radical (unpaired) electrons. The SMILES string of the molecule is CCCCC/C=C/C/C=C/CCCCCCCC(=O)OCCNCCCCCCCCCCNCC. The van der Waals surface area contributed by atoms with Gasteiger partial charge in [0.2, 0.25) is 0 Å². The molecule has 0 aliphatic carbocycles. The van der Waals surface area contributed by atoms with E-state index in [9.17, 15) is 4.79 Å². The monoisotopic (exact) mass is 506 g/mol. The van der Waals surface area contributed by atoms with Crippen molar-refractivity contribution in [3.05, 3.63) is 24.3 Å². The lowest BCUT2D eigenvalue weighted by Gasteiger charge is -2.07. The number of unbranched alkanes of at least 4 members (excludes halogenated alkanes) is 15. The minimum absolute atomic E-state index is 0.0343. The summed E-state index contributed by atoms with van der Waals surface area (Å²) in [7, 11) is 0. The number of carbonyl (C=O) groups excluding carboxylic acids is 1. The van der Waals surface area contributed by atoms with Gasteiger partial charge in [-0.05, 0) is 71.0 Å². The number of hydrogen-bond acceptors (Lipinski definition) is 4. The minimum atomic E-state index is -0.0343. The van der Waals surface area contributed by atoms with E-state index in [-0.39, 0.29) is 5.97 Å². The summed E-state index contributed by atoms with van der Waals surface area (Å²) in [6.07, 6.45) is 33.7. The Balaban J connectivity index is 3.22. The van der Waals surface area contributed by atoms with Crippen molar-refractivity contribution >= 4 is 5.97 Å². The molecular formula is C32H62N2O2. The van der Waals surface area contributed by atoms with Crippen LogP contribution in [0.3, 0.4) is 0 Å². The summed E-state index contributed by atoms with van der Waals surface area (Å²) < 4.78 is 5.35. The maximum atomic E-state index is 11.8. The van der Waals surface area contributed by atoms with Gasteiger partial charge in [-0.3, -0.25) is 4.79 Å². The number of ether oxygens (including phenoxy) is 1. The van der Waals surface area contributed by atoms with Gasteiger partial charge in [-0.1, -0.05) is 109 Å². The fourth-order valence-electron chi connectivity index (χ4n) is 4.25. The summed E-state index contributed by atoms with van der Waals surface area (Å²) in [6, 6.07) is 0. The van der Waals surface area contributed by atoms with Crippen molar-refractivity contribution in [1.82, 2.24) is 10.6 Å². The average molecular weight is 507 g/mol. The van der Waals surface area contributed by atoms with Crippen LogP contribution in [0.1, 0.15) is 142 Å². The van der Waals surface area contributed by atoms with Crippen LogP contribution in [-0.4, -0.2) is 38.8 Å². The molecule has 0 unspecified atom stereocenters. The van der Waals surface area contributed by atoms with Gasteiger partial charge >= 0.3 is 5.97 Å². The second-order valence-corrected chi connectivity index (χ2v) is 10.1. The van der Waals surface area contributed by atoms with Gasteiger partial charge in [0, 0.05) is 13.0 Å². The van der Waals surface area contributed by atoms with E-state index in [2.05, 4.69) is 48.8 Å². The zero-order valence-corrected chi connectivity index (χ0v) is 24.3. The van der Waals surface area contributed by atoms with Gasteiger partial charge in [-0.15, -0.1) is 0 Å². The van der Waals surface area contributed by atoms with E-state index in [0.717, 1.165) is 38.9 Å². The Morgan fingerprint density at radius 2 is 1.11 bits per heavy atom. The van der Waals surface area contributed by atoms with E-state index in [1.54, 1.807) is 0 Å². The van der Waals surface area contributed by atoms with Crippen LogP contribution < -0.4 is 10.6 Å². The van der Waals surface area contributed by atoms with E-state index in [0.29, 0.717) is 13.0 Å². The zero-order valence-electron chi connectivity index (χ0n) is 24.3. The van der Waals surface area contributed by atoms with E-state index in [4.69, 9.17) is 4.74 Å². The van der Waals surface area contributed by atoms with Gasteiger partial charge in [0.1, 0.15) is 6.61 Å². The maximum Gasteiger partial charge on any atom is 0.305 e. The predicted molar refractivity (Wildman–Crippen MR) is 159 cm³/mol. The average Bonchev–Trinajstić information content (AvgIpc) is 2.88. The molecule has 0 aliphatic rings. The maximum absolute atomic E-state index is 11.8. The molecule has 0 amide bonds. The molecule has 4 heteroatoms. The van der Waals surface area contributed by atoms with Gasteiger partial charge in [0.15, 0.2) is 0 Å². The highest BCUT2D eigenvalue weighted by Gasteiger charge is 2.02. The largest absolute Gasteiger partial charge is 0.464 e. The third-order valence-electron chi connectivity index (χ3n) is 6.58. The standard InChI is InChI=1S/C32H62N2O2/c1-3-5-6-7-8-9-10-11-12-13-14-15-18-21-24-27-32(35)36-31-30-34-29-26-23-20-17-16-19-22-25-28-33-4-2/h8-9,11-12,33-34H,3-7,10,13-31H2,1-2H3/b9-8+,12-11+. The van der Waals surface area contributed by atoms with Gasteiger partial charge in [0.25, 0.3) is 0 Å². The fourth-order valence-corrected chi connectivity index (χ4v) is 4.25. The van der Waals surface area contributed by atoms with Gasteiger partial charge in [-0.2, -0.15) is 0 Å². The van der Waals surface area contributed by atoms with Crippen LogP contribution in [0.15, 0.2) is 24.3 Å². The molecule has 0 atom stereocenters. The summed E-state index contributed by atoms with van der Waals surface area (Å²) in [5.74, 6) is -0.0343. The highest BCUT2D eigenvalue weighted by Crippen LogP contribution is 2.09. The van der Waals surface area contributed by atoms with Gasteiger partial charge in [0.05, 0.1) is 0 Å².